The lowest BCUT2D eigenvalue weighted by molar-refractivity contribution is -0.384. The quantitative estimate of drug-likeness (QED) is 0.450. The summed E-state index contributed by atoms with van der Waals surface area (Å²) in [6.45, 7) is 0. The van der Waals surface area contributed by atoms with Crippen molar-refractivity contribution in [2.75, 3.05) is 5.32 Å². The van der Waals surface area contributed by atoms with E-state index in [0.717, 1.165) is 10.9 Å². The summed E-state index contributed by atoms with van der Waals surface area (Å²) in [5.41, 5.74) is 2.00. The van der Waals surface area contributed by atoms with Gasteiger partial charge in [-0.05, 0) is 23.8 Å². The molecule has 3 rings (SSSR count). The maximum absolute atomic E-state index is 12.0. The van der Waals surface area contributed by atoms with Crippen molar-refractivity contribution in [1.82, 2.24) is 4.98 Å². The van der Waals surface area contributed by atoms with Crippen LogP contribution in [0.4, 0.5) is 11.4 Å². The number of para-hydroxylation sites is 1. The maximum atomic E-state index is 12.0. The van der Waals surface area contributed by atoms with Crippen LogP contribution >= 0.6 is 0 Å². The summed E-state index contributed by atoms with van der Waals surface area (Å²) in [7, 11) is 0. The van der Waals surface area contributed by atoms with Crippen LogP contribution in [-0.2, 0) is 4.79 Å². The van der Waals surface area contributed by atoms with Crippen LogP contribution in [0.2, 0.25) is 0 Å². The molecule has 0 spiro atoms. The van der Waals surface area contributed by atoms with Crippen molar-refractivity contribution >= 4 is 34.3 Å². The molecule has 0 aliphatic carbocycles. The lowest BCUT2D eigenvalue weighted by Gasteiger charge is -2.03. The molecule has 0 saturated carbocycles. The average Bonchev–Trinajstić information content (AvgIpc) is 2.60. The van der Waals surface area contributed by atoms with Gasteiger partial charge in [-0.2, -0.15) is 0 Å². The first kappa shape index (κ1) is 15.4. The van der Waals surface area contributed by atoms with E-state index in [1.807, 2.05) is 30.3 Å². The average molecular weight is 319 g/mol. The lowest BCUT2D eigenvalue weighted by atomic mass is 10.2. The number of carbonyl (C=O) groups is 1. The number of fused-ring (bicyclic) bond motifs is 1. The summed E-state index contributed by atoms with van der Waals surface area (Å²) in [6.07, 6.45) is 4.44. The molecule has 1 aromatic heterocycles. The molecule has 0 atom stereocenters. The number of non-ortho nitro benzene ring substituents is 1. The van der Waals surface area contributed by atoms with E-state index in [2.05, 4.69) is 10.3 Å². The molecule has 0 saturated heterocycles. The standard InChI is InChI=1S/C18H13N3O3/c22-18(9-8-13-4-3-6-16(10-13)21(23)24)20-15-11-14-5-1-2-7-17(14)19-12-15/h1-12H,(H,20,22). The predicted molar refractivity (Wildman–Crippen MR) is 92.5 cm³/mol. The molecule has 0 bridgehead atoms. The topological polar surface area (TPSA) is 85.1 Å². The highest BCUT2D eigenvalue weighted by Crippen LogP contribution is 2.17. The van der Waals surface area contributed by atoms with Crippen molar-refractivity contribution in [2.45, 2.75) is 0 Å². The summed E-state index contributed by atoms with van der Waals surface area (Å²) in [4.78, 5) is 26.5. The van der Waals surface area contributed by atoms with Gasteiger partial charge in [0.25, 0.3) is 5.69 Å². The summed E-state index contributed by atoms with van der Waals surface area (Å²) in [5.74, 6) is -0.335. The molecule has 24 heavy (non-hydrogen) atoms. The number of hydrogen-bond acceptors (Lipinski definition) is 4. The van der Waals surface area contributed by atoms with Gasteiger partial charge in [-0.15, -0.1) is 0 Å². The van der Waals surface area contributed by atoms with E-state index in [0.29, 0.717) is 11.3 Å². The molecule has 0 aliphatic rings. The first-order valence-electron chi connectivity index (χ1n) is 7.20. The van der Waals surface area contributed by atoms with Gasteiger partial charge < -0.3 is 5.32 Å². The van der Waals surface area contributed by atoms with E-state index >= 15 is 0 Å². The van der Waals surface area contributed by atoms with E-state index < -0.39 is 4.92 Å². The van der Waals surface area contributed by atoms with Crippen molar-refractivity contribution in [1.29, 1.82) is 0 Å². The number of anilines is 1. The van der Waals surface area contributed by atoms with Crippen molar-refractivity contribution in [2.24, 2.45) is 0 Å². The zero-order valence-electron chi connectivity index (χ0n) is 12.5. The van der Waals surface area contributed by atoms with E-state index in [4.69, 9.17) is 0 Å². The summed E-state index contributed by atoms with van der Waals surface area (Å²) in [6, 6.07) is 15.5. The molecule has 0 fully saturated rings. The minimum atomic E-state index is -0.474. The Bertz CT molecular complexity index is 951. The summed E-state index contributed by atoms with van der Waals surface area (Å²) >= 11 is 0. The van der Waals surface area contributed by atoms with Crippen LogP contribution in [0.3, 0.4) is 0 Å². The Hall–Kier alpha value is -3.54. The zero-order valence-corrected chi connectivity index (χ0v) is 12.5. The monoisotopic (exact) mass is 319 g/mol. The van der Waals surface area contributed by atoms with Crippen LogP contribution in [-0.4, -0.2) is 15.8 Å². The number of nitro groups is 1. The third-order valence-electron chi connectivity index (χ3n) is 3.37. The minimum Gasteiger partial charge on any atom is -0.321 e. The third-order valence-corrected chi connectivity index (χ3v) is 3.37. The van der Waals surface area contributed by atoms with Crippen molar-refractivity contribution in [3.63, 3.8) is 0 Å². The molecular formula is C18H13N3O3. The number of nitro benzene ring substituents is 1. The van der Waals surface area contributed by atoms with Gasteiger partial charge >= 0.3 is 0 Å². The number of rotatable bonds is 4. The molecule has 118 valence electrons. The van der Waals surface area contributed by atoms with Gasteiger partial charge in [0, 0.05) is 23.6 Å². The maximum Gasteiger partial charge on any atom is 0.270 e. The zero-order chi connectivity index (χ0) is 16.9. The van der Waals surface area contributed by atoms with Gasteiger partial charge in [0.15, 0.2) is 0 Å². The van der Waals surface area contributed by atoms with Gasteiger partial charge in [0.1, 0.15) is 0 Å². The Morgan fingerprint density at radius 1 is 1.12 bits per heavy atom. The first-order chi connectivity index (χ1) is 11.6. The molecular weight excluding hydrogens is 306 g/mol. The van der Waals surface area contributed by atoms with Crippen LogP contribution in [0, 0.1) is 10.1 Å². The van der Waals surface area contributed by atoms with E-state index in [-0.39, 0.29) is 11.6 Å². The Morgan fingerprint density at radius 2 is 1.96 bits per heavy atom. The Labute approximate surface area is 137 Å². The van der Waals surface area contributed by atoms with E-state index in [1.165, 1.54) is 24.3 Å². The molecule has 6 heteroatoms. The van der Waals surface area contributed by atoms with Gasteiger partial charge in [-0.3, -0.25) is 19.9 Å². The highest BCUT2D eigenvalue weighted by molar-refractivity contribution is 6.02. The second kappa shape index (κ2) is 6.70. The highest BCUT2D eigenvalue weighted by Gasteiger charge is 2.04. The molecule has 2 aromatic carbocycles. The van der Waals surface area contributed by atoms with Crippen LogP contribution in [0.5, 0.6) is 0 Å². The second-order valence-electron chi connectivity index (χ2n) is 5.09. The number of benzene rings is 2. The van der Waals surface area contributed by atoms with E-state index in [9.17, 15) is 14.9 Å². The van der Waals surface area contributed by atoms with Gasteiger partial charge in [0.05, 0.1) is 22.3 Å². The molecule has 1 amide bonds. The number of hydrogen-bond donors (Lipinski definition) is 1. The van der Waals surface area contributed by atoms with Crippen molar-refractivity contribution < 1.29 is 9.72 Å². The molecule has 1 N–H and O–H groups in total. The lowest BCUT2D eigenvalue weighted by Crippen LogP contribution is -2.07. The third kappa shape index (κ3) is 3.61. The number of nitrogens with one attached hydrogen (secondary N) is 1. The number of pyridine rings is 1. The van der Waals surface area contributed by atoms with Crippen LogP contribution in [0.1, 0.15) is 5.56 Å². The minimum absolute atomic E-state index is 0.0173. The Balaban J connectivity index is 1.72. The van der Waals surface area contributed by atoms with Gasteiger partial charge in [-0.1, -0.05) is 30.3 Å². The van der Waals surface area contributed by atoms with Gasteiger partial charge in [-0.25, -0.2) is 0 Å². The van der Waals surface area contributed by atoms with Crippen molar-refractivity contribution in [3.8, 4) is 0 Å². The normalized spacial score (nSPS) is 10.8. The molecule has 6 nitrogen and oxygen atoms in total. The molecule has 0 aliphatic heterocycles. The fourth-order valence-corrected chi connectivity index (χ4v) is 2.24. The molecule has 0 radical (unpaired) electrons. The number of carbonyl (C=O) groups excluding carboxylic acids is 1. The fraction of sp³-hybridized carbons (Fsp3) is 0. The molecule has 1 heterocycles. The smallest absolute Gasteiger partial charge is 0.270 e. The van der Waals surface area contributed by atoms with E-state index in [1.54, 1.807) is 18.3 Å². The number of amides is 1. The fourth-order valence-electron chi connectivity index (χ4n) is 2.24. The summed E-state index contributed by atoms with van der Waals surface area (Å²) in [5, 5.41) is 14.4. The van der Waals surface area contributed by atoms with Crippen LogP contribution < -0.4 is 5.32 Å². The Morgan fingerprint density at radius 3 is 2.79 bits per heavy atom. The highest BCUT2D eigenvalue weighted by atomic mass is 16.6. The predicted octanol–water partition coefficient (Wildman–Crippen LogP) is 3.79. The first-order valence-corrected chi connectivity index (χ1v) is 7.20. The SMILES string of the molecule is O=C(C=Cc1cccc([N+](=O)[O-])c1)Nc1cnc2ccccc2c1. The molecule has 3 aromatic rings. The van der Waals surface area contributed by atoms with Crippen molar-refractivity contribution in [3.05, 3.63) is 82.5 Å². The second-order valence-corrected chi connectivity index (χ2v) is 5.09. The molecule has 0 unspecified atom stereocenters. The summed E-state index contributed by atoms with van der Waals surface area (Å²) < 4.78 is 0. The Kier molecular flexibility index (Phi) is 4.29. The van der Waals surface area contributed by atoms with Crippen LogP contribution in [0.15, 0.2) is 66.9 Å². The van der Waals surface area contributed by atoms with Gasteiger partial charge in [0.2, 0.25) is 5.91 Å². The number of nitrogens with zero attached hydrogens (tertiary/aromatic N) is 2. The largest absolute Gasteiger partial charge is 0.321 e. The number of aromatic nitrogens is 1. The van der Waals surface area contributed by atoms with Crippen LogP contribution in [0.25, 0.3) is 17.0 Å².